The molecule has 0 spiro atoms. The molecule has 1 amide bonds. The highest BCUT2D eigenvalue weighted by atomic mass is 16.4. The van der Waals surface area contributed by atoms with E-state index in [-0.39, 0.29) is 5.91 Å². The predicted molar refractivity (Wildman–Crippen MR) is 83.5 cm³/mol. The lowest BCUT2D eigenvalue weighted by Gasteiger charge is -2.37. The minimum absolute atomic E-state index is 0.129. The molecule has 0 unspecified atom stereocenters. The summed E-state index contributed by atoms with van der Waals surface area (Å²) in [4.78, 5) is 28.3. The minimum Gasteiger partial charge on any atom is -0.480 e. The molecule has 4 atom stereocenters. The Kier molecular flexibility index (Phi) is 4.71. The summed E-state index contributed by atoms with van der Waals surface area (Å²) in [6.07, 6.45) is 8.61. The maximum atomic E-state index is 12.7. The van der Waals surface area contributed by atoms with Crippen molar-refractivity contribution < 1.29 is 14.7 Å². The topological polar surface area (TPSA) is 60.9 Å². The zero-order chi connectivity index (χ0) is 15.7. The predicted octanol–water partition coefficient (Wildman–Crippen LogP) is 2.11. The second kappa shape index (κ2) is 6.57. The first-order chi connectivity index (χ1) is 10.6. The van der Waals surface area contributed by atoms with Gasteiger partial charge in [0.25, 0.3) is 0 Å². The van der Waals surface area contributed by atoms with Gasteiger partial charge in [0.05, 0.1) is 6.54 Å². The molecule has 5 nitrogen and oxygen atoms in total. The molecule has 0 radical (unpaired) electrons. The molecule has 0 bridgehead atoms. The van der Waals surface area contributed by atoms with Crippen LogP contribution in [0.3, 0.4) is 0 Å². The summed E-state index contributed by atoms with van der Waals surface area (Å²) < 4.78 is 0. The van der Waals surface area contributed by atoms with Crippen LogP contribution in [-0.2, 0) is 9.59 Å². The minimum atomic E-state index is -0.756. The van der Waals surface area contributed by atoms with E-state index in [1.165, 1.54) is 12.8 Å². The Hall–Kier alpha value is -1.10. The number of nitrogens with zero attached hydrogens (tertiary/aromatic N) is 2. The van der Waals surface area contributed by atoms with Crippen LogP contribution < -0.4 is 0 Å². The third-order valence-corrected chi connectivity index (χ3v) is 5.95. The summed E-state index contributed by atoms with van der Waals surface area (Å²) >= 11 is 0. The lowest BCUT2D eigenvalue weighted by molar-refractivity contribution is -0.145. The van der Waals surface area contributed by atoms with E-state index in [1.807, 2.05) is 9.80 Å². The van der Waals surface area contributed by atoms with Crippen LogP contribution in [0.1, 0.15) is 58.3 Å². The Morgan fingerprint density at radius 3 is 2.55 bits per heavy atom. The number of hydrogen-bond acceptors (Lipinski definition) is 3. The number of piperidine rings is 1. The van der Waals surface area contributed by atoms with Crippen molar-refractivity contribution in [2.45, 2.75) is 76.4 Å². The smallest absolute Gasteiger partial charge is 0.320 e. The average molecular weight is 308 g/mol. The molecule has 124 valence electrons. The fraction of sp³-hybridized carbons (Fsp3) is 0.882. The standard InChI is InChI=1S/C17H28N2O3/c1-12-6-4-5-9-18(12)16(20)11-19-14-8-3-2-7-13(14)10-15(19)17(21)22/h12-15H,2-11H2,1H3,(H,21,22)/t12-,13+,14+,15+/m1/s1. The number of hydrogen-bond donors (Lipinski definition) is 1. The van der Waals surface area contributed by atoms with Gasteiger partial charge < -0.3 is 10.0 Å². The summed E-state index contributed by atoms with van der Waals surface area (Å²) in [7, 11) is 0. The largest absolute Gasteiger partial charge is 0.480 e. The second-order valence-electron chi connectivity index (χ2n) is 7.31. The van der Waals surface area contributed by atoms with E-state index in [9.17, 15) is 14.7 Å². The van der Waals surface area contributed by atoms with E-state index >= 15 is 0 Å². The Balaban J connectivity index is 1.70. The van der Waals surface area contributed by atoms with Crippen LogP contribution in [0, 0.1) is 5.92 Å². The van der Waals surface area contributed by atoms with E-state index < -0.39 is 12.0 Å². The zero-order valence-corrected chi connectivity index (χ0v) is 13.5. The van der Waals surface area contributed by atoms with E-state index in [2.05, 4.69) is 6.92 Å². The highest BCUT2D eigenvalue weighted by Crippen LogP contribution is 2.39. The number of carboxylic acid groups (broad SMARTS) is 1. The quantitative estimate of drug-likeness (QED) is 0.867. The van der Waals surface area contributed by atoms with Gasteiger partial charge in [0.2, 0.25) is 5.91 Å². The number of fused-ring (bicyclic) bond motifs is 1. The van der Waals surface area contributed by atoms with Gasteiger partial charge in [-0.25, -0.2) is 0 Å². The van der Waals surface area contributed by atoms with Crippen molar-refractivity contribution in [1.29, 1.82) is 0 Å². The van der Waals surface area contributed by atoms with Crippen LogP contribution in [-0.4, -0.2) is 58.0 Å². The molecule has 0 aromatic rings. The first kappa shape index (κ1) is 15.8. The highest BCUT2D eigenvalue weighted by Gasteiger charge is 2.46. The number of carbonyl (C=O) groups is 2. The van der Waals surface area contributed by atoms with E-state index in [0.29, 0.717) is 24.5 Å². The van der Waals surface area contributed by atoms with Gasteiger partial charge in [-0.3, -0.25) is 14.5 Å². The number of carboxylic acids is 1. The van der Waals surface area contributed by atoms with Gasteiger partial charge in [0.1, 0.15) is 6.04 Å². The normalized spacial score (nSPS) is 36.1. The molecule has 2 aliphatic heterocycles. The van der Waals surface area contributed by atoms with Gasteiger partial charge in [-0.05, 0) is 51.4 Å². The van der Waals surface area contributed by atoms with Crippen LogP contribution in [0.15, 0.2) is 0 Å². The molecule has 1 aliphatic carbocycles. The number of aliphatic carboxylic acids is 1. The molecule has 1 N–H and O–H groups in total. The molecule has 2 heterocycles. The fourth-order valence-corrected chi connectivity index (χ4v) is 4.74. The van der Waals surface area contributed by atoms with E-state index in [0.717, 1.165) is 45.1 Å². The maximum Gasteiger partial charge on any atom is 0.320 e. The lowest BCUT2D eigenvalue weighted by atomic mass is 9.85. The van der Waals surface area contributed by atoms with Crippen molar-refractivity contribution in [3.63, 3.8) is 0 Å². The molecular formula is C17H28N2O3. The summed E-state index contributed by atoms with van der Waals surface area (Å²) in [5, 5.41) is 9.54. The summed E-state index contributed by atoms with van der Waals surface area (Å²) in [6.45, 7) is 3.24. The van der Waals surface area contributed by atoms with Crippen LogP contribution >= 0.6 is 0 Å². The molecule has 22 heavy (non-hydrogen) atoms. The van der Waals surface area contributed by atoms with Gasteiger partial charge in [0.15, 0.2) is 0 Å². The number of amides is 1. The average Bonchev–Trinajstić information content (AvgIpc) is 2.87. The van der Waals surface area contributed by atoms with Crippen molar-refractivity contribution >= 4 is 11.9 Å². The van der Waals surface area contributed by atoms with Crippen LogP contribution in [0.5, 0.6) is 0 Å². The first-order valence-corrected chi connectivity index (χ1v) is 8.86. The first-order valence-electron chi connectivity index (χ1n) is 8.86. The Labute approximate surface area is 132 Å². The molecule has 0 aromatic carbocycles. The van der Waals surface area contributed by atoms with E-state index in [4.69, 9.17) is 0 Å². The molecule has 5 heteroatoms. The molecule has 2 saturated heterocycles. The van der Waals surface area contributed by atoms with E-state index in [1.54, 1.807) is 0 Å². The molecule has 3 aliphatic rings. The number of carbonyl (C=O) groups excluding carboxylic acids is 1. The molecule has 3 fully saturated rings. The van der Waals surface area contributed by atoms with Crippen LogP contribution in [0.2, 0.25) is 0 Å². The maximum absolute atomic E-state index is 12.7. The Morgan fingerprint density at radius 2 is 1.82 bits per heavy atom. The van der Waals surface area contributed by atoms with Crippen molar-refractivity contribution in [1.82, 2.24) is 9.80 Å². The number of rotatable bonds is 3. The van der Waals surface area contributed by atoms with Gasteiger partial charge in [-0.15, -0.1) is 0 Å². The van der Waals surface area contributed by atoms with Crippen molar-refractivity contribution in [3.8, 4) is 0 Å². The summed E-state index contributed by atoms with van der Waals surface area (Å²) in [5.74, 6) is -0.153. The van der Waals surface area contributed by atoms with Gasteiger partial charge >= 0.3 is 5.97 Å². The molecular weight excluding hydrogens is 280 g/mol. The lowest BCUT2D eigenvalue weighted by Crippen LogP contribution is -2.51. The third-order valence-electron chi connectivity index (χ3n) is 5.95. The summed E-state index contributed by atoms with van der Waals surface area (Å²) in [6, 6.07) is 0.144. The SMILES string of the molecule is C[C@@H]1CCCCN1C(=O)CN1[C@H](C(=O)O)C[C@@H]2CCCC[C@@H]21. The zero-order valence-electron chi connectivity index (χ0n) is 13.5. The van der Waals surface area contributed by atoms with Gasteiger partial charge in [0, 0.05) is 18.6 Å². The van der Waals surface area contributed by atoms with Crippen molar-refractivity contribution in [2.24, 2.45) is 5.92 Å². The molecule has 0 aromatic heterocycles. The third kappa shape index (κ3) is 3.00. The molecule has 1 saturated carbocycles. The van der Waals surface area contributed by atoms with Crippen molar-refractivity contribution in [3.05, 3.63) is 0 Å². The monoisotopic (exact) mass is 308 g/mol. The summed E-state index contributed by atoms with van der Waals surface area (Å²) in [5.41, 5.74) is 0. The second-order valence-corrected chi connectivity index (χ2v) is 7.31. The van der Waals surface area contributed by atoms with Gasteiger partial charge in [-0.1, -0.05) is 12.8 Å². The number of likely N-dealkylation sites (tertiary alicyclic amines) is 2. The Morgan fingerprint density at radius 1 is 1.09 bits per heavy atom. The molecule has 3 rings (SSSR count). The van der Waals surface area contributed by atoms with Crippen LogP contribution in [0.4, 0.5) is 0 Å². The van der Waals surface area contributed by atoms with Crippen molar-refractivity contribution in [2.75, 3.05) is 13.1 Å². The highest BCUT2D eigenvalue weighted by molar-refractivity contribution is 5.80. The van der Waals surface area contributed by atoms with Crippen LogP contribution in [0.25, 0.3) is 0 Å². The Bertz CT molecular complexity index is 440. The van der Waals surface area contributed by atoms with Gasteiger partial charge in [-0.2, -0.15) is 0 Å². The fourth-order valence-electron chi connectivity index (χ4n) is 4.74.